The van der Waals surface area contributed by atoms with E-state index in [4.69, 9.17) is 4.52 Å². The van der Waals surface area contributed by atoms with Gasteiger partial charge in [-0.15, -0.1) is 0 Å². The highest BCUT2D eigenvalue weighted by Crippen LogP contribution is 2.04. The molecule has 0 aliphatic heterocycles. The van der Waals surface area contributed by atoms with E-state index in [1.165, 1.54) is 20.0 Å². The number of nitrogens with zero attached hydrogens (tertiary/aromatic N) is 1. The molecule has 14 heavy (non-hydrogen) atoms. The molecule has 1 rings (SSSR count). The van der Waals surface area contributed by atoms with Crippen molar-refractivity contribution >= 4 is 11.9 Å². The van der Waals surface area contributed by atoms with Crippen molar-refractivity contribution in [2.24, 2.45) is 0 Å². The Labute approximate surface area is 80.2 Å². The van der Waals surface area contributed by atoms with Crippen LogP contribution in [0.5, 0.6) is 0 Å². The number of esters is 1. The van der Waals surface area contributed by atoms with E-state index >= 15 is 0 Å². The van der Waals surface area contributed by atoms with Crippen LogP contribution >= 0.6 is 0 Å². The zero-order valence-electron chi connectivity index (χ0n) is 7.86. The highest BCUT2D eigenvalue weighted by atomic mass is 16.5. The first-order chi connectivity index (χ1) is 6.63. The Kier molecular flexibility index (Phi) is 3.22. The molecule has 0 atom stereocenters. The average molecular weight is 198 g/mol. The van der Waals surface area contributed by atoms with Crippen LogP contribution in [-0.4, -0.2) is 24.1 Å². The van der Waals surface area contributed by atoms with Crippen LogP contribution in [0, 0.1) is 0 Å². The maximum atomic E-state index is 11.0. The molecule has 1 aromatic rings. The summed E-state index contributed by atoms with van der Waals surface area (Å²) in [5.74, 6) is -0.426. The van der Waals surface area contributed by atoms with Crippen molar-refractivity contribution in [3.63, 3.8) is 0 Å². The Morgan fingerprint density at radius 1 is 1.64 bits per heavy atom. The first-order valence-electron chi connectivity index (χ1n) is 3.94. The number of nitrogens with one attached hydrogen (secondary N) is 1. The topological polar surface area (TPSA) is 81.4 Å². The minimum Gasteiger partial charge on any atom is -0.458 e. The molecule has 0 saturated heterocycles. The van der Waals surface area contributed by atoms with Crippen molar-refractivity contribution in [3.8, 4) is 0 Å². The van der Waals surface area contributed by atoms with Crippen molar-refractivity contribution in [2.75, 3.05) is 7.05 Å². The monoisotopic (exact) mass is 198 g/mol. The third-order valence-electron chi connectivity index (χ3n) is 1.44. The van der Waals surface area contributed by atoms with Gasteiger partial charge in [0, 0.05) is 20.0 Å². The first kappa shape index (κ1) is 10.2. The van der Waals surface area contributed by atoms with Gasteiger partial charge in [-0.3, -0.25) is 9.59 Å². The molecule has 0 fully saturated rings. The van der Waals surface area contributed by atoms with Crippen molar-refractivity contribution < 1.29 is 18.8 Å². The van der Waals surface area contributed by atoms with Gasteiger partial charge in [0.1, 0.15) is 0 Å². The number of carbonyl (C=O) groups excluding carboxylic acids is 2. The van der Waals surface area contributed by atoms with Crippen molar-refractivity contribution in [1.29, 1.82) is 0 Å². The van der Waals surface area contributed by atoms with E-state index in [0.717, 1.165) is 0 Å². The van der Waals surface area contributed by atoms with E-state index in [9.17, 15) is 9.59 Å². The van der Waals surface area contributed by atoms with Gasteiger partial charge in [-0.25, -0.2) is 0 Å². The van der Waals surface area contributed by atoms with E-state index in [-0.39, 0.29) is 18.2 Å². The van der Waals surface area contributed by atoms with Gasteiger partial charge < -0.3 is 14.6 Å². The minimum absolute atomic E-state index is 0.0146. The van der Waals surface area contributed by atoms with Crippen molar-refractivity contribution in [3.05, 3.63) is 17.5 Å². The second-order valence-corrected chi connectivity index (χ2v) is 2.54. The van der Waals surface area contributed by atoms with Crippen molar-refractivity contribution in [2.45, 2.75) is 13.5 Å². The summed E-state index contributed by atoms with van der Waals surface area (Å²) < 4.78 is 9.40. The Balaban J connectivity index is 2.59. The van der Waals surface area contributed by atoms with Gasteiger partial charge in [0.15, 0.2) is 18.1 Å². The molecule has 6 heteroatoms. The SMILES string of the molecule is CNC(=O)c1cc(COC(C)=O)on1. The molecule has 0 unspecified atom stereocenters. The van der Waals surface area contributed by atoms with Crippen LogP contribution in [0.25, 0.3) is 0 Å². The van der Waals surface area contributed by atoms with Gasteiger partial charge in [-0.1, -0.05) is 5.16 Å². The van der Waals surface area contributed by atoms with E-state index in [1.54, 1.807) is 0 Å². The third-order valence-corrected chi connectivity index (χ3v) is 1.44. The van der Waals surface area contributed by atoms with Crippen LogP contribution < -0.4 is 5.32 Å². The van der Waals surface area contributed by atoms with Crippen LogP contribution in [0.4, 0.5) is 0 Å². The molecule has 0 bridgehead atoms. The van der Waals surface area contributed by atoms with E-state index in [2.05, 4.69) is 15.2 Å². The molecule has 6 nitrogen and oxygen atoms in total. The van der Waals surface area contributed by atoms with E-state index < -0.39 is 5.97 Å². The van der Waals surface area contributed by atoms with E-state index in [1.807, 2.05) is 0 Å². The Hall–Kier alpha value is -1.85. The molecule has 0 saturated carbocycles. The third kappa shape index (κ3) is 2.58. The maximum Gasteiger partial charge on any atom is 0.303 e. The molecule has 0 aliphatic rings. The fourth-order valence-electron chi connectivity index (χ4n) is 0.789. The molecule has 0 radical (unpaired) electrons. The fourth-order valence-corrected chi connectivity index (χ4v) is 0.789. The molecular weight excluding hydrogens is 188 g/mol. The standard InChI is InChI=1S/C8H10N2O4/c1-5(11)13-4-6-3-7(10-14-6)8(12)9-2/h3H,4H2,1-2H3,(H,9,12). The lowest BCUT2D eigenvalue weighted by molar-refractivity contribution is -0.142. The smallest absolute Gasteiger partial charge is 0.303 e. The molecule has 76 valence electrons. The van der Waals surface area contributed by atoms with Gasteiger partial charge in [0.2, 0.25) is 0 Å². The highest BCUT2D eigenvalue weighted by molar-refractivity contribution is 5.91. The Bertz CT molecular complexity index is 345. The second kappa shape index (κ2) is 4.40. The number of aromatic nitrogens is 1. The second-order valence-electron chi connectivity index (χ2n) is 2.54. The summed E-state index contributed by atoms with van der Waals surface area (Å²) in [6.07, 6.45) is 0. The van der Waals surface area contributed by atoms with Crippen LogP contribution in [0.2, 0.25) is 0 Å². The number of rotatable bonds is 3. The lowest BCUT2D eigenvalue weighted by atomic mass is 10.3. The van der Waals surface area contributed by atoms with Gasteiger partial charge in [-0.05, 0) is 0 Å². The zero-order valence-corrected chi connectivity index (χ0v) is 7.86. The minimum atomic E-state index is -0.414. The molecule has 0 aliphatic carbocycles. The predicted octanol–water partition coefficient (Wildman–Crippen LogP) is 0.0973. The Morgan fingerprint density at radius 2 is 2.36 bits per heavy atom. The quantitative estimate of drug-likeness (QED) is 0.696. The molecule has 0 spiro atoms. The summed E-state index contributed by atoms with van der Waals surface area (Å²) in [4.78, 5) is 21.5. The number of amides is 1. The lowest BCUT2D eigenvalue weighted by Gasteiger charge is -1.94. The number of hydrogen-bond acceptors (Lipinski definition) is 5. The lowest BCUT2D eigenvalue weighted by Crippen LogP contribution is -2.17. The first-order valence-corrected chi connectivity index (χ1v) is 3.94. The van der Waals surface area contributed by atoms with Crippen LogP contribution in [-0.2, 0) is 16.1 Å². The molecule has 0 aromatic carbocycles. The average Bonchev–Trinajstić information content (AvgIpc) is 2.62. The summed E-state index contributed by atoms with van der Waals surface area (Å²) in [5, 5.41) is 5.88. The Morgan fingerprint density at radius 3 is 2.93 bits per heavy atom. The van der Waals surface area contributed by atoms with Crippen LogP contribution in [0.1, 0.15) is 23.2 Å². The van der Waals surface area contributed by atoms with E-state index in [0.29, 0.717) is 5.76 Å². The summed E-state index contributed by atoms with van der Waals surface area (Å²) in [7, 11) is 1.49. The van der Waals surface area contributed by atoms with Gasteiger partial charge in [0.25, 0.3) is 5.91 Å². The highest BCUT2D eigenvalue weighted by Gasteiger charge is 2.11. The summed E-state index contributed by atoms with van der Waals surface area (Å²) >= 11 is 0. The van der Waals surface area contributed by atoms with Gasteiger partial charge >= 0.3 is 5.97 Å². The number of ether oxygens (including phenoxy) is 1. The van der Waals surface area contributed by atoms with Crippen molar-refractivity contribution in [1.82, 2.24) is 10.5 Å². The molecular formula is C8H10N2O4. The normalized spacial score (nSPS) is 9.57. The predicted molar refractivity (Wildman–Crippen MR) is 45.4 cm³/mol. The molecule has 1 aromatic heterocycles. The maximum absolute atomic E-state index is 11.0. The number of hydrogen-bond donors (Lipinski definition) is 1. The summed E-state index contributed by atoms with van der Waals surface area (Å²) in [6.45, 7) is 1.27. The fraction of sp³-hybridized carbons (Fsp3) is 0.375. The largest absolute Gasteiger partial charge is 0.458 e. The summed E-state index contributed by atoms with van der Waals surface area (Å²) in [5.41, 5.74) is 0.162. The van der Waals surface area contributed by atoms with Gasteiger partial charge in [-0.2, -0.15) is 0 Å². The summed E-state index contributed by atoms with van der Waals surface area (Å²) in [6, 6.07) is 1.42. The molecule has 1 amide bonds. The number of carbonyl (C=O) groups is 2. The van der Waals surface area contributed by atoms with Gasteiger partial charge in [0.05, 0.1) is 0 Å². The molecule has 1 heterocycles. The zero-order chi connectivity index (χ0) is 10.6. The molecule has 1 N–H and O–H groups in total. The van der Waals surface area contributed by atoms with Crippen LogP contribution in [0.15, 0.2) is 10.6 Å². The van der Waals surface area contributed by atoms with Crippen LogP contribution in [0.3, 0.4) is 0 Å².